The summed E-state index contributed by atoms with van der Waals surface area (Å²) in [6.45, 7) is 2.64. The maximum atomic E-state index is 12.4. The zero-order valence-corrected chi connectivity index (χ0v) is 11.2. The van der Waals surface area contributed by atoms with E-state index in [-0.39, 0.29) is 12.6 Å². The summed E-state index contributed by atoms with van der Waals surface area (Å²) in [6, 6.07) is -0.204. The van der Waals surface area contributed by atoms with E-state index in [9.17, 15) is 18.3 Å². The average molecular weight is 267 g/mol. The van der Waals surface area contributed by atoms with E-state index in [0.717, 1.165) is 12.8 Å². The number of alkyl halides is 3. The molecule has 1 rings (SSSR count). The van der Waals surface area contributed by atoms with E-state index < -0.39 is 18.8 Å². The molecule has 0 aliphatic heterocycles. The van der Waals surface area contributed by atoms with Crippen LogP contribution in [-0.4, -0.2) is 41.4 Å². The lowest BCUT2D eigenvalue weighted by atomic mass is 9.99. The maximum absolute atomic E-state index is 12.4. The number of halogens is 3. The molecule has 1 N–H and O–H groups in total. The molecule has 0 aromatic rings. The summed E-state index contributed by atoms with van der Waals surface area (Å²) in [5.41, 5.74) is 0. The highest BCUT2D eigenvalue weighted by Gasteiger charge is 2.33. The second-order valence-corrected chi connectivity index (χ2v) is 5.68. The smallest absolute Gasteiger partial charge is 0.392 e. The lowest BCUT2D eigenvalue weighted by Gasteiger charge is -2.30. The molecule has 108 valence electrons. The third-order valence-corrected chi connectivity index (χ3v) is 3.64. The van der Waals surface area contributed by atoms with Gasteiger partial charge in [-0.3, -0.25) is 4.90 Å². The van der Waals surface area contributed by atoms with Crippen LogP contribution in [0.4, 0.5) is 13.2 Å². The van der Waals surface area contributed by atoms with Crippen LogP contribution in [0.25, 0.3) is 0 Å². The first kappa shape index (κ1) is 15.8. The van der Waals surface area contributed by atoms with E-state index in [1.165, 1.54) is 17.7 Å². The van der Waals surface area contributed by atoms with Crippen LogP contribution in [0, 0.1) is 5.92 Å². The van der Waals surface area contributed by atoms with Crippen molar-refractivity contribution < 1.29 is 18.3 Å². The van der Waals surface area contributed by atoms with Gasteiger partial charge in [0.25, 0.3) is 0 Å². The summed E-state index contributed by atoms with van der Waals surface area (Å²) in [6.07, 6.45) is 0.397. The van der Waals surface area contributed by atoms with Crippen LogP contribution in [-0.2, 0) is 0 Å². The van der Waals surface area contributed by atoms with Crippen molar-refractivity contribution in [2.45, 2.75) is 64.3 Å². The summed E-state index contributed by atoms with van der Waals surface area (Å²) < 4.78 is 37.2. The fourth-order valence-electron chi connectivity index (χ4n) is 2.66. The third-order valence-electron chi connectivity index (χ3n) is 3.64. The van der Waals surface area contributed by atoms with Crippen LogP contribution in [0.1, 0.15) is 46.0 Å². The number of hydrogen-bond donors (Lipinski definition) is 1. The van der Waals surface area contributed by atoms with Gasteiger partial charge in [0, 0.05) is 12.6 Å². The molecule has 1 fully saturated rings. The first-order valence-electron chi connectivity index (χ1n) is 6.77. The van der Waals surface area contributed by atoms with Gasteiger partial charge in [0.1, 0.15) is 0 Å². The first-order chi connectivity index (χ1) is 8.28. The van der Waals surface area contributed by atoms with Gasteiger partial charge in [0.05, 0.1) is 12.6 Å². The molecule has 0 heterocycles. The third kappa shape index (κ3) is 6.05. The Morgan fingerprint density at radius 1 is 1.22 bits per heavy atom. The Balaban J connectivity index is 2.39. The largest absolute Gasteiger partial charge is 0.401 e. The Hall–Kier alpha value is -0.290. The van der Waals surface area contributed by atoms with Gasteiger partial charge in [-0.05, 0) is 26.2 Å². The van der Waals surface area contributed by atoms with E-state index >= 15 is 0 Å². The molecular formula is C13H24F3NO. The van der Waals surface area contributed by atoms with Crippen LogP contribution in [0.2, 0.25) is 0 Å². The van der Waals surface area contributed by atoms with E-state index in [4.69, 9.17) is 0 Å². The average Bonchev–Trinajstić information content (AvgIpc) is 2.66. The highest BCUT2D eigenvalue weighted by atomic mass is 19.4. The molecule has 1 atom stereocenters. The minimum Gasteiger partial charge on any atom is -0.392 e. The van der Waals surface area contributed by atoms with E-state index in [2.05, 4.69) is 0 Å². The molecule has 2 nitrogen and oxygen atoms in total. The van der Waals surface area contributed by atoms with Crippen molar-refractivity contribution in [3.8, 4) is 0 Å². The van der Waals surface area contributed by atoms with Gasteiger partial charge in [-0.25, -0.2) is 0 Å². The van der Waals surface area contributed by atoms with Crippen LogP contribution in [0.15, 0.2) is 0 Å². The Labute approximate surface area is 107 Å². The normalized spacial score (nSPS) is 20.0. The van der Waals surface area contributed by atoms with Crippen LogP contribution >= 0.6 is 0 Å². The summed E-state index contributed by atoms with van der Waals surface area (Å²) >= 11 is 0. The Morgan fingerprint density at radius 3 is 2.22 bits per heavy atom. The van der Waals surface area contributed by atoms with Crippen molar-refractivity contribution in [1.29, 1.82) is 0 Å². The molecule has 18 heavy (non-hydrogen) atoms. The second kappa shape index (κ2) is 6.75. The van der Waals surface area contributed by atoms with Crippen molar-refractivity contribution in [3.05, 3.63) is 0 Å². The summed E-state index contributed by atoms with van der Waals surface area (Å²) in [5, 5.41) is 9.92. The number of aliphatic hydroxyl groups excluding tert-OH is 1. The summed E-state index contributed by atoms with van der Waals surface area (Å²) in [5.74, 6) is 0.500. The number of hydrogen-bond acceptors (Lipinski definition) is 2. The van der Waals surface area contributed by atoms with Crippen molar-refractivity contribution in [2.24, 2.45) is 5.92 Å². The van der Waals surface area contributed by atoms with Crippen LogP contribution in [0.5, 0.6) is 0 Å². The van der Waals surface area contributed by atoms with Crippen molar-refractivity contribution in [3.63, 3.8) is 0 Å². The molecule has 0 aromatic carbocycles. The molecule has 1 saturated carbocycles. The van der Waals surface area contributed by atoms with E-state index in [1.54, 1.807) is 13.8 Å². The molecule has 0 saturated heterocycles. The van der Waals surface area contributed by atoms with Gasteiger partial charge in [0.15, 0.2) is 0 Å². The molecule has 0 bridgehead atoms. The minimum absolute atomic E-state index is 0.119. The van der Waals surface area contributed by atoms with Gasteiger partial charge < -0.3 is 5.11 Å². The van der Waals surface area contributed by atoms with E-state index in [0.29, 0.717) is 12.3 Å². The molecule has 0 radical (unpaired) electrons. The molecule has 1 aliphatic carbocycles. The summed E-state index contributed by atoms with van der Waals surface area (Å²) in [4.78, 5) is 1.31. The van der Waals surface area contributed by atoms with Crippen LogP contribution < -0.4 is 0 Å². The predicted molar refractivity (Wildman–Crippen MR) is 65.3 cm³/mol. The van der Waals surface area contributed by atoms with Crippen molar-refractivity contribution >= 4 is 0 Å². The molecule has 0 spiro atoms. The fraction of sp³-hybridized carbons (Fsp3) is 1.00. The summed E-state index contributed by atoms with van der Waals surface area (Å²) in [7, 11) is 0. The van der Waals surface area contributed by atoms with Gasteiger partial charge in [-0.15, -0.1) is 0 Å². The molecule has 0 aromatic heterocycles. The van der Waals surface area contributed by atoms with Gasteiger partial charge in [-0.1, -0.05) is 25.7 Å². The number of nitrogens with zero attached hydrogens (tertiary/aromatic N) is 1. The lowest BCUT2D eigenvalue weighted by molar-refractivity contribution is -0.152. The van der Waals surface area contributed by atoms with Gasteiger partial charge in [0.2, 0.25) is 0 Å². The quantitative estimate of drug-likeness (QED) is 0.799. The standard InChI is InChI=1S/C13H24F3NO/c1-10(2)17(9-13(14,15)16)8-12(18)7-11-5-3-4-6-11/h10-12,18H,3-9H2,1-2H3. The fourth-order valence-corrected chi connectivity index (χ4v) is 2.66. The Kier molecular flexibility index (Phi) is 5.92. The zero-order chi connectivity index (χ0) is 13.8. The highest BCUT2D eigenvalue weighted by molar-refractivity contribution is 4.76. The molecule has 1 aliphatic rings. The predicted octanol–water partition coefficient (Wildman–Crippen LogP) is 3.20. The topological polar surface area (TPSA) is 23.5 Å². The second-order valence-electron chi connectivity index (χ2n) is 5.68. The monoisotopic (exact) mass is 267 g/mol. The molecule has 1 unspecified atom stereocenters. The van der Waals surface area contributed by atoms with E-state index in [1.807, 2.05) is 0 Å². The Bertz CT molecular complexity index is 237. The number of aliphatic hydroxyl groups is 1. The molecule has 0 amide bonds. The highest BCUT2D eigenvalue weighted by Crippen LogP contribution is 2.29. The van der Waals surface area contributed by atoms with Crippen molar-refractivity contribution in [1.82, 2.24) is 4.90 Å². The van der Waals surface area contributed by atoms with Gasteiger partial charge >= 0.3 is 6.18 Å². The Morgan fingerprint density at radius 2 is 1.78 bits per heavy atom. The number of rotatable bonds is 6. The first-order valence-corrected chi connectivity index (χ1v) is 6.77. The SMILES string of the molecule is CC(C)N(CC(O)CC1CCCC1)CC(F)(F)F. The maximum Gasteiger partial charge on any atom is 0.401 e. The lowest BCUT2D eigenvalue weighted by Crippen LogP contribution is -2.43. The minimum atomic E-state index is -4.20. The zero-order valence-electron chi connectivity index (χ0n) is 11.2. The van der Waals surface area contributed by atoms with Crippen LogP contribution in [0.3, 0.4) is 0 Å². The van der Waals surface area contributed by atoms with Gasteiger partial charge in [-0.2, -0.15) is 13.2 Å². The van der Waals surface area contributed by atoms with Crippen molar-refractivity contribution in [2.75, 3.05) is 13.1 Å². The molecule has 5 heteroatoms. The molecular weight excluding hydrogens is 243 g/mol.